The minimum atomic E-state index is -3.72. The number of carbonyl (C=O) groups is 2. The Balaban J connectivity index is 1.63. The van der Waals surface area contributed by atoms with E-state index in [1.807, 2.05) is 6.92 Å². The van der Waals surface area contributed by atoms with Crippen LogP contribution in [0.25, 0.3) is 0 Å². The summed E-state index contributed by atoms with van der Waals surface area (Å²) in [5, 5.41) is 2.57. The average Bonchev–Trinajstić information content (AvgIpc) is 2.89. The highest BCUT2D eigenvalue weighted by Crippen LogP contribution is 2.40. The molecule has 34 heavy (non-hydrogen) atoms. The molecule has 2 aromatic carbocycles. The molecular formula is C24H28FN3O4S2. The summed E-state index contributed by atoms with van der Waals surface area (Å²) in [6.45, 7) is 4.65. The molecule has 0 radical (unpaired) electrons. The van der Waals surface area contributed by atoms with Gasteiger partial charge in [-0.2, -0.15) is 4.31 Å². The van der Waals surface area contributed by atoms with E-state index in [-0.39, 0.29) is 34.7 Å². The molecule has 0 spiro atoms. The van der Waals surface area contributed by atoms with Gasteiger partial charge in [-0.25, -0.2) is 12.8 Å². The van der Waals surface area contributed by atoms with Crippen LogP contribution < -0.4 is 10.2 Å². The van der Waals surface area contributed by atoms with E-state index in [1.165, 1.54) is 45.2 Å². The van der Waals surface area contributed by atoms with Crippen molar-refractivity contribution in [2.45, 2.75) is 48.2 Å². The van der Waals surface area contributed by atoms with Crippen molar-refractivity contribution in [3.63, 3.8) is 0 Å². The fourth-order valence-corrected chi connectivity index (χ4v) is 6.76. The van der Waals surface area contributed by atoms with Gasteiger partial charge >= 0.3 is 0 Å². The Labute approximate surface area is 203 Å². The number of amides is 2. The lowest BCUT2D eigenvalue weighted by Crippen LogP contribution is -2.39. The summed E-state index contributed by atoms with van der Waals surface area (Å²) in [7, 11) is -3.72. The van der Waals surface area contributed by atoms with Crippen molar-refractivity contribution in [3.05, 3.63) is 48.3 Å². The molecule has 1 N–H and O–H groups in total. The number of nitrogens with zero attached hydrogens (tertiary/aromatic N) is 2. The van der Waals surface area contributed by atoms with Crippen molar-refractivity contribution >= 4 is 45.0 Å². The second-order valence-corrected chi connectivity index (χ2v) is 12.3. The normalized spacial score (nSPS) is 20.0. The summed E-state index contributed by atoms with van der Waals surface area (Å²) in [5.41, 5.74) is 0.686. The number of anilines is 2. The third-order valence-corrected chi connectivity index (χ3v) is 9.17. The molecule has 2 aliphatic rings. The predicted molar refractivity (Wildman–Crippen MR) is 131 cm³/mol. The number of rotatable bonds is 5. The molecule has 2 aromatic rings. The maximum atomic E-state index is 13.5. The number of hydrogen-bond acceptors (Lipinski definition) is 5. The summed E-state index contributed by atoms with van der Waals surface area (Å²) in [6, 6.07) is 10.3. The van der Waals surface area contributed by atoms with Gasteiger partial charge in [0.05, 0.1) is 10.6 Å². The smallest absolute Gasteiger partial charge is 0.244 e. The van der Waals surface area contributed by atoms with Gasteiger partial charge in [-0.05, 0) is 55.2 Å². The van der Waals surface area contributed by atoms with Crippen molar-refractivity contribution in [3.8, 4) is 0 Å². The van der Waals surface area contributed by atoms with Gasteiger partial charge in [-0.15, -0.1) is 11.8 Å². The lowest BCUT2D eigenvalue weighted by Gasteiger charge is -2.30. The Morgan fingerprint density at radius 2 is 1.88 bits per heavy atom. The molecule has 1 fully saturated rings. The zero-order chi connectivity index (χ0) is 24.5. The third kappa shape index (κ3) is 5.45. The van der Waals surface area contributed by atoms with E-state index < -0.39 is 21.7 Å². The molecule has 0 bridgehead atoms. The van der Waals surface area contributed by atoms with Gasteiger partial charge in [0, 0.05) is 35.3 Å². The van der Waals surface area contributed by atoms with Crippen molar-refractivity contribution in [2.75, 3.05) is 29.9 Å². The Morgan fingerprint density at radius 1 is 1.15 bits per heavy atom. The molecule has 4 rings (SSSR count). The van der Waals surface area contributed by atoms with Crippen LogP contribution >= 0.6 is 11.8 Å². The lowest BCUT2D eigenvalue weighted by molar-refractivity contribution is -0.121. The molecule has 0 aromatic heterocycles. The zero-order valence-corrected chi connectivity index (χ0v) is 20.8. The van der Waals surface area contributed by atoms with Crippen molar-refractivity contribution in [1.29, 1.82) is 0 Å². The minimum absolute atomic E-state index is 0.0337. The highest BCUT2D eigenvalue weighted by Gasteiger charge is 2.32. The first kappa shape index (κ1) is 24.7. The van der Waals surface area contributed by atoms with Gasteiger partial charge in [-0.3, -0.25) is 9.59 Å². The summed E-state index contributed by atoms with van der Waals surface area (Å²) >= 11 is 1.48. The van der Waals surface area contributed by atoms with Crippen LogP contribution in [0, 0.1) is 11.7 Å². The standard InChI is InChI=1S/C24H28FN3O4S2/c1-16-8-10-27(11-9-16)34(31,32)20-6-7-22-21(14-20)28(24(30)12-17(2)33-22)15-23(29)26-19-5-3-4-18(25)13-19/h3-7,13-14,16-17H,8-12,15H2,1-2H3,(H,26,29)/t17-/m0/s1. The van der Waals surface area contributed by atoms with E-state index in [9.17, 15) is 22.4 Å². The van der Waals surface area contributed by atoms with Crippen LogP contribution in [0.2, 0.25) is 0 Å². The fourth-order valence-electron chi connectivity index (χ4n) is 4.18. The van der Waals surface area contributed by atoms with Crippen LogP contribution in [0.1, 0.15) is 33.1 Å². The summed E-state index contributed by atoms with van der Waals surface area (Å²) in [5.74, 6) is -0.764. The number of halogens is 1. The Bertz CT molecular complexity index is 1200. The van der Waals surface area contributed by atoms with Gasteiger partial charge in [0.1, 0.15) is 12.4 Å². The number of sulfonamides is 1. The van der Waals surface area contributed by atoms with E-state index in [2.05, 4.69) is 12.2 Å². The van der Waals surface area contributed by atoms with E-state index in [0.717, 1.165) is 17.7 Å². The molecular weight excluding hydrogens is 477 g/mol. The number of benzene rings is 2. The number of piperidine rings is 1. The van der Waals surface area contributed by atoms with Gasteiger partial charge in [0.25, 0.3) is 0 Å². The van der Waals surface area contributed by atoms with Gasteiger partial charge in [0.15, 0.2) is 0 Å². The second-order valence-electron chi connectivity index (χ2n) is 8.89. The van der Waals surface area contributed by atoms with Gasteiger partial charge in [-0.1, -0.05) is 19.9 Å². The molecule has 1 saturated heterocycles. The minimum Gasteiger partial charge on any atom is -0.324 e. The van der Waals surface area contributed by atoms with Crippen LogP contribution in [0.4, 0.5) is 15.8 Å². The third-order valence-electron chi connectivity index (χ3n) is 6.10. The monoisotopic (exact) mass is 505 g/mol. The van der Waals surface area contributed by atoms with Crippen LogP contribution in [-0.4, -0.2) is 49.4 Å². The lowest BCUT2D eigenvalue weighted by atomic mass is 10.0. The highest BCUT2D eigenvalue weighted by atomic mass is 32.2. The first-order chi connectivity index (χ1) is 16.1. The van der Waals surface area contributed by atoms with E-state index in [0.29, 0.717) is 24.7 Å². The van der Waals surface area contributed by atoms with E-state index in [1.54, 1.807) is 18.2 Å². The van der Waals surface area contributed by atoms with Crippen molar-refractivity contribution in [2.24, 2.45) is 5.92 Å². The summed E-state index contributed by atoms with van der Waals surface area (Å²) in [4.78, 5) is 28.0. The molecule has 2 amide bonds. The predicted octanol–water partition coefficient (Wildman–Crippen LogP) is 4.10. The van der Waals surface area contributed by atoms with Crippen molar-refractivity contribution in [1.82, 2.24) is 4.31 Å². The molecule has 1 atom stereocenters. The topological polar surface area (TPSA) is 86.8 Å². The van der Waals surface area contributed by atoms with E-state index >= 15 is 0 Å². The first-order valence-electron chi connectivity index (χ1n) is 11.3. The Hall–Kier alpha value is -2.43. The summed E-state index contributed by atoms with van der Waals surface area (Å²) < 4.78 is 41.6. The molecule has 182 valence electrons. The maximum absolute atomic E-state index is 13.5. The Kier molecular flexibility index (Phi) is 7.30. The average molecular weight is 506 g/mol. The van der Waals surface area contributed by atoms with Gasteiger partial charge < -0.3 is 10.2 Å². The summed E-state index contributed by atoms with van der Waals surface area (Å²) in [6.07, 6.45) is 1.82. The SMILES string of the molecule is CC1CCN(S(=O)(=O)c2ccc3c(c2)N(CC(=O)Nc2cccc(F)c2)C(=O)C[C@H](C)S3)CC1. The van der Waals surface area contributed by atoms with Gasteiger partial charge in [0.2, 0.25) is 21.8 Å². The van der Waals surface area contributed by atoms with Crippen LogP contribution in [0.5, 0.6) is 0 Å². The largest absolute Gasteiger partial charge is 0.324 e. The zero-order valence-electron chi connectivity index (χ0n) is 19.2. The van der Waals surface area contributed by atoms with Crippen LogP contribution in [-0.2, 0) is 19.6 Å². The molecule has 2 heterocycles. The first-order valence-corrected chi connectivity index (χ1v) is 13.6. The molecule has 2 aliphatic heterocycles. The quantitative estimate of drug-likeness (QED) is 0.661. The number of thioether (sulfide) groups is 1. The number of nitrogens with one attached hydrogen (secondary N) is 1. The van der Waals surface area contributed by atoms with Crippen LogP contribution in [0.15, 0.2) is 52.3 Å². The Morgan fingerprint density at radius 3 is 2.59 bits per heavy atom. The molecule has 7 nitrogen and oxygen atoms in total. The fraction of sp³-hybridized carbons (Fsp3) is 0.417. The molecule has 0 unspecified atom stereocenters. The molecule has 0 saturated carbocycles. The molecule has 0 aliphatic carbocycles. The number of hydrogen-bond donors (Lipinski definition) is 1. The maximum Gasteiger partial charge on any atom is 0.244 e. The van der Waals surface area contributed by atoms with E-state index in [4.69, 9.17) is 0 Å². The van der Waals surface area contributed by atoms with Crippen LogP contribution in [0.3, 0.4) is 0 Å². The number of fused-ring (bicyclic) bond motifs is 1. The second kappa shape index (κ2) is 10.1. The molecule has 10 heteroatoms. The number of carbonyl (C=O) groups excluding carboxylic acids is 2. The highest BCUT2D eigenvalue weighted by molar-refractivity contribution is 8.00. The van der Waals surface area contributed by atoms with Crippen molar-refractivity contribution < 1.29 is 22.4 Å².